The van der Waals surface area contributed by atoms with Crippen molar-refractivity contribution in [2.24, 2.45) is 0 Å². The van der Waals surface area contributed by atoms with E-state index < -0.39 is 0 Å². The standard InChI is InChI=1S/C22H29N5O2/c1-16-19(4-5-20(24-16)22(29)26(2)3)21(28)25-18-9-14-27(15-10-18)13-8-17-6-11-23-12-7-17/h4-7,11-12,18H,8-10,13-15H2,1-3H3,(H,25,28). The lowest BCUT2D eigenvalue weighted by Crippen LogP contribution is -2.45. The molecule has 7 heteroatoms. The average molecular weight is 396 g/mol. The first kappa shape index (κ1) is 20.9. The molecule has 3 rings (SSSR count). The molecule has 0 bridgehead atoms. The van der Waals surface area contributed by atoms with Crippen molar-refractivity contribution in [3.05, 3.63) is 59.2 Å². The summed E-state index contributed by atoms with van der Waals surface area (Å²) >= 11 is 0. The first-order valence-electron chi connectivity index (χ1n) is 10.1. The lowest BCUT2D eigenvalue weighted by Gasteiger charge is -2.32. The number of amides is 2. The van der Waals surface area contributed by atoms with E-state index in [4.69, 9.17) is 0 Å². The van der Waals surface area contributed by atoms with Crippen LogP contribution in [-0.4, -0.2) is 71.4 Å². The van der Waals surface area contributed by atoms with Crippen LogP contribution in [0.5, 0.6) is 0 Å². The zero-order valence-corrected chi connectivity index (χ0v) is 17.4. The molecule has 0 aliphatic carbocycles. The maximum atomic E-state index is 12.7. The molecule has 2 aromatic rings. The van der Waals surface area contributed by atoms with Crippen molar-refractivity contribution >= 4 is 11.8 Å². The van der Waals surface area contributed by atoms with Crippen LogP contribution in [0.1, 0.15) is 44.9 Å². The summed E-state index contributed by atoms with van der Waals surface area (Å²) in [4.78, 5) is 37.0. The van der Waals surface area contributed by atoms with Crippen molar-refractivity contribution in [2.75, 3.05) is 33.7 Å². The van der Waals surface area contributed by atoms with Gasteiger partial charge in [-0.15, -0.1) is 0 Å². The van der Waals surface area contributed by atoms with E-state index in [1.54, 1.807) is 33.2 Å². The molecule has 3 heterocycles. The first-order valence-corrected chi connectivity index (χ1v) is 10.1. The van der Waals surface area contributed by atoms with Gasteiger partial charge in [0.1, 0.15) is 5.69 Å². The SMILES string of the molecule is Cc1nc(C(=O)N(C)C)ccc1C(=O)NC1CCN(CCc2ccncc2)CC1. The van der Waals surface area contributed by atoms with Crippen LogP contribution < -0.4 is 5.32 Å². The molecule has 2 aromatic heterocycles. The molecule has 2 amide bonds. The minimum atomic E-state index is -0.167. The van der Waals surface area contributed by atoms with E-state index in [9.17, 15) is 9.59 Å². The third-order valence-corrected chi connectivity index (χ3v) is 5.34. The number of rotatable bonds is 6. The maximum absolute atomic E-state index is 12.7. The molecule has 29 heavy (non-hydrogen) atoms. The van der Waals surface area contributed by atoms with Gasteiger partial charge in [-0.3, -0.25) is 14.6 Å². The van der Waals surface area contributed by atoms with E-state index in [1.807, 2.05) is 12.4 Å². The summed E-state index contributed by atoms with van der Waals surface area (Å²) in [6, 6.07) is 7.59. The Balaban J connectivity index is 1.49. The summed E-state index contributed by atoms with van der Waals surface area (Å²) in [5.41, 5.74) is 2.76. The summed E-state index contributed by atoms with van der Waals surface area (Å²) < 4.78 is 0. The summed E-state index contributed by atoms with van der Waals surface area (Å²) in [5, 5.41) is 3.13. The molecule has 1 N–H and O–H groups in total. The van der Waals surface area contributed by atoms with Crippen LogP contribution in [-0.2, 0) is 6.42 Å². The number of likely N-dealkylation sites (tertiary alicyclic amines) is 1. The lowest BCUT2D eigenvalue weighted by molar-refractivity contribution is 0.0819. The molecule has 1 fully saturated rings. The van der Waals surface area contributed by atoms with Crippen LogP contribution in [0.3, 0.4) is 0 Å². The fourth-order valence-corrected chi connectivity index (χ4v) is 3.55. The highest BCUT2D eigenvalue weighted by atomic mass is 16.2. The van der Waals surface area contributed by atoms with Gasteiger partial charge in [-0.25, -0.2) is 4.98 Å². The Bertz CT molecular complexity index is 846. The molecular formula is C22H29N5O2. The predicted octanol–water partition coefficient (Wildman–Crippen LogP) is 1.92. The zero-order chi connectivity index (χ0) is 20.8. The topological polar surface area (TPSA) is 78.4 Å². The number of aromatic nitrogens is 2. The average Bonchev–Trinajstić information content (AvgIpc) is 2.73. The molecule has 0 radical (unpaired) electrons. The number of hydrogen-bond acceptors (Lipinski definition) is 5. The van der Waals surface area contributed by atoms with E-state index in [0.29, 0.717) is 17.0 Å². The number of carbonyl (C=O) groups is 2. The molecular weight excluding hydrogens is 366 g/mol. The minimum Gasteiger partial charge on any atom is -0.349 e. The van der Waals surface area contributed by atoms with Crippen LogP contribution in [0.15, 0.2) is 36.7 Å². The summed E-state index contributed by atoms with van der Waals surface area (Å²) in [7, 11) is 3.37. The molecule has 0 aromatic carbocycles. The summed E-state index contributed by atoms with van der Waals surface area (Å²) in [6.45, 7) is 4.74. The molecule has 7 nitrogen and oxygen atoms in total. The second kappa shape index (κ2) is 9.60. The highest BCUT2D eigenvalue weighted by Crippen LogP contribution is 2.14. The second-order valence-corrected chi connectivity index (χ2v) is 7.72. The highest BCUT2D eigenvalue weighted by molar-refractivity contribution is 5.97. The maximum Gasteiger partial charge on any atom is 0.271 e. The molecule has 0 saturated carbocycles. The smallest absolute Gasteiger partial charge is 0.271 e. The number of piperidine rings is 1. The Labute approximate surface area is 172 Å². The monoisotopic (exact) mass is 395 g/mol. The highest BCUT2D eigenvalue weighted by Gasteiger charge is 2.22. The minimum absolute atomic E-state index is 0.117. The van der Waals surface area contributed by atoms with Crippen molar-refractivity contribution < 1.29 is 9.59 Å². The third-order valence-electron chi connectivity index (χ3n) is 5.34. The van der Waals surface area contributed by atoms with Crippen LogP contribution in [0, 0.1) is 6.92 Å². The second-order valence-electron chi connectivity index (χ2n) is 7.72. The van der Waals surface area contributed by atoms with Gasteiger partial charge in [0.05, 0.1) is 11.3 Å². The molecule has 0 unspecified atom stereocenters. The number of pyridine rings is 2. The number of nitrogens with one attached hydrogen (secondary N) is 1. The van der Waals surface area contributed by atoms with E-state index >= 15 is 0 Å². The van der Waals surface area contributed by atoms with E-state index in [-0.39, 0.29) is 17.9 Å². The van der Waals surface area contributed by atoms with Crippen LogP contribution in [0.25, 0.3) is 0 Å². The summed E-state index contributed by atoms with van der Waals surface area (Å²) in [6.07, 6.45) is 6.55. The van der Waals surface area contributed by atoms with Crippen molar-refractivity contribution in [1.82, 2.24) is 25.1 Å². The van der Waals surface area contributed by atoms with Gasteiger partial charge in [-0.1, -0.05) is 0 Å². The number of nitrogens with zero attached hydrogens (tertiary/aromatic N) is 4. The molecule has 1 aliphatic heterocycles. The van der Waals surface area contributed by atoms with Gasteiger partial charge in [-0.2, -0.15) is 0 Å². The number of aryl methyl sites for hydroxylation is 1. The quantitative estimate of drug-likeness (QED) is 0.809. The Morgan fingerprint density at radius 1 is 1.14 bits per heavy atom. The number of carbonyl (C=O) groups excluding carboxylic acids is 2. The number of hydrogen-bond donors (Lipinski definition) is 1. The lowest BCUT2D eigenvalue weighted by atomic mass is 10.0. The van der Waals surface area contributed by atoms with Gasteiger partial charge in [0.25, 0.3) is 11.8 Å². The van der Waals surface area contributed by atoms with E-state index in [1.165, 1.54) is 10.5 Å². The molecule has 1 aliphatic rings. The van der Waals surface area contributed by atoms with Crippen LogP contribution >= 0.6 is 0 Å². The van der Waals surface area contributed by atoms with Crippen molar-refractivity contribution in [3.63, 3.8) is 0 Å². The van der Waals surface area contributed by atoms with Gasteiger partial charge in [-0.05, 0) is 56.0 Å². The fraction of sp³-hybridized carbons (Fsp3) is 0.455. The largest absolute Gasteiger partial charge is 0.349 e. The Kier molecular flexibility index (Phi) is 6.93. The Hall–Kier alpha value is -2.80. The first-order chi connectivity index (χ1) is 13.9. The van der Waals surface area contributed by atoms with Crippen LogP contribution in [0.2, 0.25) is 0 Å². The third kappa shape index (κ3) is 5.60. The summed E-state index contributed by atoms with van der Waals surface area (Å²) in [5.74, 6) is -0.284. The van der Waals surface area contributed by atoms with Crippen LogP contribution in [0.4, 0.5) is 0 Å². The molecule has 154 valence electrons. The normalized spacial score (nSPS) is 15.1. The Morgan fingerprint density at radius 2 is 1.83 bits per heavy atom. The van der Waals surface area contributed by atoms with Gasteiger partial charge >= 0.3 is 0 Å². The molecule has 1 saturated heterocycles. The fourth-order valence-electron chi connectivity index (χ4n) is 3.55. The van der Waals surface area contributed by atoms with Gasteiger partial charge in [0.2, 0.25) is 0 Å². The predicted molar refractivity (Wildman–Crippen MR) is 112 cm³/mol. The van der Waals surface area contributed by atoms with Crippen molar-refractivity contribution in [1.29, 1.82) is 0 Å². The van der Waals surface area contributed by atoms with Crippen molar-refractivity contribution in [3.8, 4) is 0 Å². The zero-order valence-electron chi connectivity index (χ0n) is 17.4. The van der Waals surface area contributed by atoms with Gasteiger partial charge < -0.3 is 15.1 Å². The van der Waals surface area contributed by atoms with Gasteiger partial charge in [0, 0.05) is 52.2 Å². The molecule has 0 spiro atoms. The Morgan fingerprint density at radius 3 is 2.45 bits per heavy atom. The van der Waals surface area contributed by atoms with Crippen molar-refractivity contribution in [2.45, 2.75) is 32.2 Å². The van der Waals surface area contributed by atoms with E-state index in [2.05, 4.69) is 32.3 Å². The molecule has 0 atom stereocenters. The van der Waals surface area contributed by atoms with E-state index in [0.717, 1.165) is 38.9 Å². The van der Waals surface area contributed by atoms with Gasteiger partial charge in [0.15, 0.2) is 0 Å².